The third kappa shape index (κ3) is 4.81. The first kappa shape index (κ1) is 23.4. The summed E-state index contributed by atoms with van der Waals surface area (Å²) >= 11 is 2.44. The normalized spacial score (nSPS) is 13.8. The first-order valence-electron chi connectivity index (χ1n) is 9.06. The summed E-state index contributed by atoms with van der Waals surface area (Å²) in [5.41, 5.74) is 0.783. The number of carbonyl (C=O) groups is 2. The zero-order chi connectivity index (χ0) is 23.3. The summed E-state index contributed by atoms with van der Waals surface area (Å²) in [5, 5.41) is 21.3. The van der Waals surface area contributed by atoms with Gasteiger partial charge in [0.15, 0.2) is 5.57 Å². The van der Waals surface area contributed by atoms with Crippen molar-refractivity contribution >= 4 is 56.6 Å². The number of rotatable bonds is 6. The van der Waals surface area contributed by atoms with Crippen molar-refractivity contribution in [2.24, 2.45) is 0 Å². The SMILES string of the molecule is CSC(Nc1ccc(S(=O)(=O)c2ccc(N3C(=O)CSCC3=O)cc2)cc1)=C(C#N)C#N. The van der Waals surface area contributed by atoms with E-state index in [0.717, 1.165) is 4.90 Å². The average Bonchev–Trinajstić information content (AvgIpc) is 2.79. The second-order valence-electron chi connectivity index (χ2n) is 6.39. The Morgan fingerprint density at radius 1 is 0.969 bits per heavy atom. The molecule has 1 aliphatic heterocycles. The van der Waals surface area contributed by atoms with Gasteiger partial charge in [-0.2, -0.15) is 10.5 Å². The van der Waals surface area contributed by atoms with Crippen LogP contribution in [-0.4, -0.2) is 38.0 Å². The van der Waals surface area contributed by atoms with E-state index >= 15 is 0 Å². The molecule has 11 heteroatoms. The molecule has 0 aromatic heterocycles. The van der Waals surface area contributed by atoms with Crippen LogP contribution < -0.4 is 10.2 Å². The number of nitriles is 2. The maximum Gasteiger partial charge on any atom is 0.243 e. The van der Waals surface area contributed by atoms with Crippen molar-refractivity contribution in [3.05, 3.63) is 59.1 Å². The van der Waals surface area contributed by atoms with Gasteiger partial charge in [0.2, 0.25) is 21.7 Å². The Hall–Kier alpha value is -3.25. The molecule has 1 saturated heterocycles. The second kappa shape index (κ2) is 9.92. The van der Waals surface area contributed by atoms with E-state index in [-0.39, 0.29) is 38.7 Å². The maximum atomic E-state index is 13.0. The van der Waals surface area contributed by atoms with Gasteiger partial charge in [-0.25, -0.2) is 13.3 Å². The molecule has 0 atom stereocenters. The molecule has 1 fully saturated rings. The highest BCUT2D eigenvalue weighted by Gasteiger charge is 2.28. The van der Waals surface area contributed by atoms with Gasteiger partial charge in [-0.3, -0.25) is 9.59 Å². The molecule has 162 valence electrons. The fourth-order valence-electron chi connectivity index (χ4n) is 2.88. The fraction of sp³-hybridized carbons (Fsp3) is 0.143. The lowest BCUT2D eigenvalue weighted by molar-refractivity contribution is -0.124. The van der Waals surface area contributed by atoms with Crippen LogP contribution in [0.3, 0.4) is 0 Å². The summed E-state index contributed by atoms with van der Waals surface area (Å²) < 4.78 is 25.9. The van der Waals surface area contributed by atoms with Gasteiger partial charge in [0, 0.05) is 5.69 Å². The van der Waals surface area contributed by atoms with E-state index in [0.29, 0.717) is 16.4 Å². The first-order valence-corrected chi connectivity index (χ1v) is 12.9. The van der Waals surface area contributed by atoms with Crippen LogP contribution in [0, 0.1) is 22.7 Å². The Kier molecular flexibility index (Phi) is 7.26. The Morgan fingerprint density at radius 2 is 1.47 bits per heavy atom. The first-order chi connectivity index (χ1) is 15.3. The average molecular weight is 485 g/mol. The summed E-state index contributed by atoms with van der Waals surface area (Å²) in [6.07, 6.45) is 1.71. The molecule has 1 heterocycles. The van der Waals surface area contributed by atoms with Crippen molar-refractivity contribution in [1.29, 1.82) is 10.5 Å². The molecule has 0 spiro atoms. The molecule has 0 saturated carbocycles. The number of hydrogen-bond acceptors (Lipinski definition) is 9. The monoisotopic (exact) mass is 484 g/mol. The van der Waals surface area contributed by atoms with Crippen LogP contribution in [0.1, 0.15) is 0 Å². The van der Waals surface area contributed by atoms with E-state index in [1.165, 1.54) is 72.1 Å². The third-order valence-corrected chi connectivity index (χ3v) is 7.83. The van der Waals surface area contributed by atoms with Crippen LogP contribution in [0.4, 0.5) is 11.4 Å². The number of hydrogen-bond donors (Lipinski definition) is 1. The highest BCUT2D eigenvalue weighted by molar-refractivity contribution is 8.02. The summed E-state index contributed by atoms with van der Waals surface area (Å²) in [6.45, 7) is 0. The number of allylic oxidation sites excluding steroid dienone is 1. The quantitative estimate of drug-likeness (QED) is 0.485. The van der Waals surface area contributed by atoms with E-state index in [1.807, 2.05) is 0 Å². The number of nitrogens with one attached hydrogen (secondary N) is 1. The van der Waals surface area contributed by atoms with E-state index in [4.69, 9.17) is 10.5 Å². The van der Waals surface area contributed by atoms with Gasteiger partial charge in [0.05, 0.1) is 27.0 Å². The van der Waals surface area contributed by atoms with E-state index < -0.39 is 9.84 Å². The number of carbonyl (C=O) groups excluding carboxylic acids is 2. The van der Waals surface area contributed by atoms with Crippen molar-refractivity contribution in [3.63, 3.8) is 0 Å². The predicted octanol–water partition coefficient (Wildman–Crippen LogP) is 3.16. The van der Waals surface area contributed by atoms with Crippen LogP contribution in [0.25, 0.3) is 0 Å². The molecule has 1 aliphatic rings. The van der Waals surface area contributed by atoms with Gasteiger partial charge in [-0.15, -0.1) is 23.5 Å². The summed E-state index contributed by atoms with van der Waals surface area (Å²) in [6, 6.07) is 15.1. The number of nitrogens with zero attached hydrogens (tertiary/aromatic N) is 3. The minimum Gasteiger partial charge on any atom is -0.349 e. The zero-order valence-electron chi connectivity index (χ0n) is 16.7. The van der Waals surface area contributed by atoms with Crippen LogP contribution in [0.2, 0.25) is 0 Å². The van der Waals surface area contributed by atoms with Crippen molar-refractivity contribution in [1.82, 2.24) is 0 Å². The number of benzene rings is 2. The lowest BCUT2D eigenvalue weighted by Crippen LogP contribution is -2.43. The minimum atomic E-state index is -3.83. The second-order valence-corrected chi connectivity index (χ2v) is 10.1. The molecule has 0 aliphatic carbocycles. The van der Waals surface area contributed by atoms with E-state index in [2.05, 4.69) is 5.32 Å². The number of imide groups is 1. The fourth-order valence-corrected chi connectivity index (χ4v) is 5.37. The van der Waals surface area contributed by atoms with Crippen molar-refractivity contribution in [2.75, 3.05) is 28.0 Å². The number of thioether (sulfide) groups is 2. The van der Waals surface area contributed by atoms with E-state index in [9.17, 15) is 18.0 Å². The summed E-state index contributed by atoms with van der Waals surface area (Å²) in [4.78, 5) is 25.2. The van der Waals surface area contributed by atoms with Crippen molar-refractivity contribution in [3.8, 4) is 12.1 Å². The largest absolute Gasteiger partial charge is 0.349 e. The van der Waals surface area contributed by atoms with Gasteiger partial charge < -0.3 is 5.32 Å². The smallest absolute Gasteiger partial charge is 0.243 e. The zero-order valence-corrected chi connectivity index (χ0v) is 19.2. The maximum absolute atomic E-state index is 13.0. The molecule has 2 aromatic carbocycles. The van der Waals surface area contributed by atoms with Gasteiger partial charge in [-0.05, 0) is 54.8 Å². The summed E-state index contributed by atoms with van der Waals surface area (Å²) in [5.74, 6) is -0.271. The van der Waals surface area contributed by atoms with Crippen molar-refractivity contribution < 1.29 is 18.0 Å². The third-order valence-electron chi connectivity index (χ3n) is 4.43. The topological polar surface area (TPSA) is 131 Å². The molecule has 1 N–H and O–H groups in total. The predicted molar refractivity (Wildman–Crippen MR) is 124 cm³/mol. The standard InChI is InChI=1S/C21H16N4O4S3/c1-30-21(14(10-22)11-23)24-15-2-6-17(7-3-15)32(28,29)18-8-4-16(5-9-18)25-19(26)12-31-13-20(25)27/h2-9,24H,12-13H2,1H3. The molecule has 32 heavy (non-hydrogen) atoms. The van der Waals surface area contributed by atoms with Crippen LogP contribution >= 0.6 is 23.5 Å². The van der Waals surface area contributed by atoms with Crippen molar-refractivity contribution in [2.45, 2.75) is 9.79 Å². The Bertz CT molecular complexity index is 1240. The Balaban J connectivity index is 1.83. The van der Waals surface area contributed by atoms with Crippen LogP contribution in [0.5, 0.6) is 0 Å². The van der Waals surface area contributed by atoms with Gasteiger partial charge >= 0.3 is 0 Å². The van der Waals surface area contributed by atoms with Gasteiger partial charge in [0.1, 0.15) is 17.2 Å². The molecule has 0 radical (unpaired) electrons. The molecule has 2 amide bonds. The molecule has 0 bridgehead atoms. The van der Waals surface area contributed by atoms with E-state index in [1.54, 1.807) is 18.4 Å². The van der Waals surface area contributed by atoms with Crippen LogP contribution in [-0.2, 0) is 19.4 Å². The Labute approximate surface area is 193 Å². The summed E-state index contributed by atoms with van der Waals surface area (Å²) in [7, 11) is -3.83. The number of amides is 2. The molecule has 0 unspecified atom stereocenters. The lowest BCUT2D eigenvalue weighted by Gasteiger charge is -2.24. The number of anilines is 2. The minimum absolute atomic E-state index is 0.0224. The van der Waals surface area contributed by atoms with Crippen LogP contribution in [0.15, 0.2) is 68.9 Å². The lowest BCUT2D eigenvalue weighted by atomic mass is 10.3. The number of sulfone groups is 1. The Morgan fingerprint density at radius 3 is 1.94 bits per heavy atom. The molecular weight excluding hydrogens is 468 g/mol. The highest BCUT2D eigenvalue weighted by Crippen LogP contribution is 2.28. The van der Waals surface area contributed by atoms with Gasteiger partial charge in [0.25, 0.3) is 0 Å². The molecule has 3 rings (SSSR count). The molecule has 8 nitrogen and oxygen atoms in total. The molecule has 2 aromatic rings. The molecular formula is C21H16N4O4S3. The highest BCUT2D eigenvalue weighted by atomic mass is 32.2. The van der Waals surface area contributed by atoms with Gasteiger partial charge in [-0.1, -0.05) is 0 Å².